The number of nitrogens with zero attached hydrogens (tertiary/aromatic N) is 3. The van der Waals surface area contributed by atoms with Crippen LogP contribution >= 0.6 is 23.2 Å². The number of rotatable bonds is 6. The number of pyridine rings is 1. The Morgan fingerprint density at radius 3 is 2.42 bits per heavy atom. The molecule has 2 aromatic rings. The summed E-state index contributed by atoms with van der Waals surface area (Å²) in [6, 6.07) is 9.09. The van der Waals surface area contributed by atoms with E-state index in [2.05, 4.69) is 23.7 Å². The van der Waals surface area contributed by atoms with Crippen LogP contribution in [0.1, 0.15) is 29.8 Å². The summed E-state index contributed by atoms with van der Waals surface area (Å²) in [6.45, 7) is 6.30. The SMILES string of the molecule is CCN(CC)c1ccc(C(=O)N(C)Cc2cccc(Cl)c2Cl)cn1. The van der Waals surface area contributed by atoms with Crippen molar-refractivity contribution in [2.75, 3.05) is 25.0 Å². The fourth-order valence-electron chi connectivity index (χ4n) is 2.47. The monoisotopic (exact) mass is 365 g/mol. The molecule has 128 valence electrons. The van der Waals surface area contributed by atoms with Crippen molar-refractivity contribution in [1.82, 2.24) is 9.88 Å². The molecular formula is C18H21Cl2N3O. The smallest absolute Gasteiger partial charge is 0.255 e. The Balaban J connectivity index is 2.11. The number of benzene rings is 1. The second-order valence-corrected chi connectivity index (χ2v) is 6.24. The predicted molar refractivity (Wildman–Crippen MR) is 100 cm³/mol. The van der Waals surface area contributed by atoms with Gasteiger partial charge in [0, 0.05) is 32.9 Å². The summed E-state index contributed by atoms with van der Waals surface area (Å²) < 4.78 is 0. The van der Waals surface area contributed by atoms with Crippen LogP contribution < -0.4 is 4.90 Å². The predicted octanol–water partition coefficient (Wildman–Crippen LogP) is 4.51. The van der Waals surface area contributed by atoms with Gasteiger partial charge in [-0.2, -0.15) is 0 Å². The van der Waals surface area contributed by atoms with Crippen molar-refractivity contribution >= 4 is 34.9 Å². The van der Waals surface area contributed by atoms with Gasteiger partial charge in [0.25, 0.3) is 5.91 Å². The fraction of sp³-hybridized carbons (Fsp3) is 0.333. The molecule has 1 amide bonds. The molecule has 0 fully saturated rings. The summed E-state index contributed by atoms with van der Waals surface area (Å²) >= 11 is 12.2. The van der Waals surface area contributed by atoms with Crippen LogP contribution in [0.25, 0.3) is 0 Å². The van der Waals surface area contributed by atoms with Crippen LogP contribution in [0.5, 0.6) is 0 Å². The molecule has 0 radical (unpaired) electrons. The van der Waals surface area contributed by atoms with E-state index in [-0.39, 0.29) is 5.91 Å². The highest BCUT2D eigenvalue weighted by Gasteiger charge is 2.15. The van der Waals surface area contributed by atoms with E-state index in [4.69, 9.17) is 23.2 Å². The van der Waals surface area contributed by atoms with Gasteiger partial charge >= 0.3 is 0 Å². The zero-order valence-corrected chi connectivity index (χ0v) is 15.6. The molecule has 0 bridgehead atoms. The van der Waals surface area contributed by atoms with Gasteiger partial charge in [-0.1, -0.05) is 35.3 Å². The first kappa shape index (κ1) is 18.6. The third kappa shape index (κ3) is 4.19. The normalized spacial score (nSPS) is 10.5. The number of carbonyl (C=O) groups excluding carboxylic acids is 1. The highest BCUT2D eigenvalue weighted by atomic mass is 35.5. The van der Waals surface area contributed by atoms with Crippen LogP contribution in [0.2, 0.25) is 10.0 Å². The van der Waals surface area contributed by atoms with Crippen LogP contribution in [-0.4, -0.2) is 35.9 Å². The minimum absolute atomic E-state index is 0.107. The topological polar surface area (TPSA) is 36.4 Å². The molecular weight excluding hydrogens is 345 g/mol. The standard InChI is InChI=1S/C18H21Cl2N3O/c1-4-23(5-2)16-10-9-13(11-21-16)18(24)22(3)12-14-7-6-8-15(19)17(14)20/h6-11H,4-5,12H2,1-3H3. The van der Waals surface area contributed by atoms with E-state index >= 15 is 0 Å². The number of carbonyl (C=O) groups is 1. The summed E-state index contributed by atoms with van der Waals surface area (Å²) in [5.41, 5.74) is 1.36. The second kappa shape index (κ2) is 8.36. The molecule has 0 atom stereocenters. The molecule has 6 heteroatoms. The van der Waals surface area contributed by atoms with Crippen LogP contribution in [0.15, 0.2) is 36.5 Å². The van der Waals surface area contributed by atoms with Gasteiger partial charge in [-0.25, -0.2) is 4.98 Å². The molecule has 4 nitrogen and oxygen atoms in total. The van der Waals surface area contributed by atoms with Gasteiger partial charge in [0.15, 0.2) is 0 Å². The molecule has 0 spiro atoms. The maximum Gasteiger partial charge on any atom is 0.255 e. The molecule has 1 aromatic carbocycles. The zero-order valence-electron chi connectivity index (χ0n) is 14.1. The van der Waals surface area contributed by atoms with Gasteiger partial charge in [0.1, 0.15) is 5.82 Å². The fourth-order valence-corrected chi connectivity index (χ4v) is 2.85. The van der Waals surface area contributed by atoms with Gasteiger partial charge in [0.05, 0.1) is 15.6 Å². The Kier molecular flexibility index (Phi) is 6.46. The molecule has 0 aliphatic heterocycles. The Hall–Kier alpha value is -1.78. The number of hydrogen-bond donors (Lipinski definition) is 0. The highest BCUT2D eigenvalue weighted by Crippen LogP contribution is 2.26. The Bertz CT molecular complexity index is 700. The van der Waals surface area contributed by atoms with E-state index in [1.165, 1.54) is 0 Å². The summed E-state index contributed by atoms with van der Waals surface area (Å²) in [6.07, 6.45) is 1.62. The summed E-state index contributed by atoms with van der Waals surface area (Å²) in [5, 5.41) is 0.967. The van der Waals surface area contributed by atoms with E-state index in [9.17, 15) is 4.79 Å². The van der Waals surface area contributed by atoms with Crippen LogP contribution in [0.3, 0.4) is 0 Å². The lowest BCUT2D eigenvalue weighted by Crippen LogP contribution is -2.27. The Labute approximate surface area is 153 Å². The average molecular weight is 366 g/mol. The van der Waals surface area contributed by atoms with E-state index in [0.717, 1.165) is 24.5 Å². The van der Waals surface area contributed by atoms with Gasteiger partial charge < -0.3 is 9.80 Å². The van der Waals surface area contributed by atoms with E-state index < -0.39 is 0 Å². The second-order valence-electron chi connectivity index (χ2n) is 5.45. The maximum absolute atomic E-state index is 12.6. The largest absolute Gasteiger partial charge is 0.357 e. The first-order valence-electron chi connectivity index (χ1n) is 7.87. The van der Waals surface area contributed by atoms with Crippen LogP contribution in [0.4, 0.5) is 5.82 Å². The first-order valence-corrected chi connectivity index (χ1v) is 8.62. The Morgan fingerprint density at radius 1 is 1.12 bits per heavy atom. The zero-order chi connectivity index (χ0) is 17.7. The molecule has 0 aliphatic carbocycles. The molecule has 0 aliphatic rings. The molecule has 1 heterocycles. The highest BCUT2D eigenvalue weighted by molar-refractivity contribution is 6.42. The Morgan fingerprint density at radius 2 is 1.83 bits per heavy atom. The number of aromatic nitrogens is 1. The number of halogens is 2. The lowest BCUT2D eigenvalue weighted by molar-refractivity contribution is 0.0785. The van der Waals surface area contributed by atoms with Crippen molar-refractivity contribution < 1.29 is 4.79 Å². The van der Waals surface area contributed by atoms with Crippen LogP contribution in [-0.2, 0) is 6.54 Å². The van der Waals surface area contributed by atoms with Gasteiger partial charge in [-0.15, -0.1) is 0 Å². The molecule has 0 saturated heterocycles. The van der Waals surface area contributed by atoms with E-state index in [0.29, 0.717) is 22.2 Å². The van der Waals surface area contributed by atoms with Gasteiger partial charge in [-0.3, -0.25) is 4.79 Å². The summed E-state index contributed by atoms with van der Waals surface area (Å²) in [4.78, 5) is 20.7. The summed E-state index contributed by atoms with van der Waals surface area (Å²) in [5.74, 6) is 0.765. The van der Waals surface area contributed by atoms with Crippen molar-refractivity contribution in [3.63, 3.8) is 0 Å². The van der Waals surface area contributed by atoms with Crippen molar-refractivity contribution in [3.05, 3.63) is 57.7 Å². The van der Waals surface area contributed by atoms with Gasteiger partial charge in [0.2, 0.25) is 0 Å². The van der Waals surface area contributed by atoms with Crippen molar-refractivity contribution in [1.29, 1.82) is 0 Å². The molecule has 0 unspecified atom stereocenters. The number of hydrogen-bond acceptors (Lipinski definition) is 3. The number of anilines is 1. The third-order valence-electron chi connectivity index (χ3n) is 3.87. The van der Waals surface area contributed by atoms with E-state index in [1.54, 1.807) is 30.3 Å². The van der Waals surface area contributed by atoms with Crippen molar-refractivity contribution in [2.45, 2.75) is 20.4 Å². The molecule has 2 rings (SSSR count). The van der Waals surface area contributed by atoms with Crippen molar-refractivity contribution in [2.24, 2.45) is 0 Å². The third-order valence-corrected chi connectivity index (χ3v) is 4.73. The molecule has 24 heavy (non-hydrogen) atoms. The minimum Gasteiger partial charge on any atom is -0.357 e. The minimum atomic E-state index is -0.107. The molecule has 0 saturated carbocycles. The van der Waals surface area contributed by atoms with E-state index in [1.807, 2.05) is 18.2 Å². The lowest BCUT2D eigenvalue weighted by atomic mass is 10.2. The van der Waals surface area contributed by atoms with Crippen LogP contribution in [0, 0.1) is 0 Å². The summed E-state index contributed by atoms with van der Waals surface area (Å²) in [7, 11) is 1.73. The average Bonchev–Trinajstić information content (AvgIpc) is 2.60. The quantitative estimate of drug-likeness (QED) is 0.755. The first-order chi connectivity index (χ1) is 11.5. The number of amides is 1. The lowest BCUT2D eigenvalue weighted by Gasteiger charge is -2.21. The van der Waals surface area contributed by atoms with Gasteiger partial charge in [-0.05, 0) is 37.6 Å². The maximum atomic E-state index is 12.6. The van der Waals surface area contributed by atoms with Crippen molar-refractivity contribution in [3.8, 4) is 0 Å². The molecule has 1 aromatic heterocycles. The molecule has 0 N–H and O–H groups in total.